The predicted molar refractivity (Wildman–Crippen MR) is 85.7 cm³/mol. The van der Waals surface area contributed by atoms with Crippen molar-refractivity contribution in [3.05, 3.63) is 71.3 Å². The lowest BCUT2D eigenvalue weighted by atomic mass is 9.77. The lowest BCUT2D eigenvalue weighted by molar-refractivity contribution is -0.119. The zero-order valence-corrected chi connectivity index (χ0v) is 12.5. The van der Waals surface area contributed by atoms with Crippen LogP contribution in [0.2, 0.25) is 0 Å². The number of benzene rings is 2. The van der Waals surface area contributed by atoms with Crippen LogP contribution in [0.15, 0.2) is 54.6 Å². The average molecular weight is 300 g/mol. The number of hydrogen-bond donors (Lipinski definition) is 1. The normalized spacial score (nSPS) is 20.6. The number of rotatable bonds is 3. The lowest BCUT2D eigenvalue weighted by Gasteiger charge is -2.32. The average Bonchev–Trinajstić information content (AvgIpc) is 2.55. The van der Waals surface area contributed by atoms with Crippen LogP contribution in [0.5, 0.6) is 0 Å². The Balaban J connectivity index is 1.93. The number of carbonyl (C=O) groups excluding carboxylic acids is 1. The van der Waals surface area contributed by atoms with Gasteiger partial charge in [0.1, 0.15) is 5.88 Å². The highest BCUT2D eigenvalue weighted by Crippen LogP contribution is 2.36. The third-order valence-electron chi connectivity index (χ3n) is 4.11. The van der Waals surface area contributed by atoms with Gasteiger partial charge in [-0.1, -0.05) is 54.6 Å². The predicted octanol–water partition coefficient (Wildman–Crippen LogP) is 3.49. The van der Waals surface area contributed by atoms with Gasteiger partial charge in [-0.3, -0.25) is 4.79 Å². The van der Waals surface area contributed by atoms with Crippen LogP contribution in [0.4, 0.5) is 0 Å². The molecule has 0 saturated carbocycles. The van der Waals surface area contributed by atoms with E-state index in [1.807, 2.05) is 6.07 Å². The minimum Gasteiger partial charge on any atom is -0.352 e. The maximum Gasteiger partial charge on any atom is 0.235 e. The van der Waals surface area contributed by atoms with E-state index in [1.54, 1.807) is 0 Å². The second-order valence-corrected chi connectivity index (χ2v) is 5.77. The van der Waals surface area contributed by atoms with Crippen molar-refractivity contribution in [1.82, 2.24) is 5.32 Å². The summed E-state index contributed by atoms with van der Waals surface area (Å²) in [6.07, 6.45) is 1.80. The summed E-state index contributed by atoms with van der Waals surface area (Å²) in [6.45, 7) is 0. The van der Waals surface area contributed by atoms with Crippen molar-refractivity contribution in [2.24, 2.45) is 0 Å². The summed E-state index contributed by atoms with van der Waals surface area (Å²) < 4.78 is 0. The van der Waals surface area contributed by atoms with Gasteiger partial charge < -0.3 is 5.32 Å². The number of carbonyl (C=O) groups is 1. The first kappa shape index (κ1) is 14.2. The summed E-state index contributed by atoms with van der Waals surface area (Å²) in [5.74, 6) is 0.262. The molecule has 2 aromatic carbocycles. The van der Waals surface area contributed by atoms with Crippen molar-refractivity contribution in [3.8, 4) is 0 Å². The van der Waals surface area contributed by atoms with Crippen LogP contribution < -0.4 is 5.32 Å². The summed E-state index contributed by atoms with van der Waals surface area (Å²) >= 11 is 5.61. The smallest absolute Gasteiger partial charge is 0.235 e. The summed E-state index contributed by atoms with van der Waals surface area (Å²) in [4.78, 5) is 11.6. The molecule has 0 aromatic heterocycles. The van der Waals surface area contributed by atoms with E-state index < -0.39 is 0 Å². The Morgan fingerprint density at radius 2 is 1.81 bits per heavy atom. The first-order chi connectivity index (χ1) is 10.3. The first-order valence-electron chi connectivity index (χ1n) is 7.26. The van der Waals surface area contributed by atoms with Crippen LogP contribution in [0, 0.1) is 0 Å². The van der Waals surface area contributed by atoms with E-state index in [0.717, 1.165) is 12.8 Å². The van der Waals surface area contributed by atoms with Gasteiger partial charge in [-0.2, -0.15) is 0 Å². The highest BCUT2D eigenvalue weighted by molar-refractivity contribution is 6.27. The number of hydrogen-bond acceptors (Lipinski definition) is 1. The Hall–Kier alpha value is -1.80. The summed E-state index contributed by atoms with van der Waals surface area (Å²) in [6, 6.07) is 19.1. The van der Waals surface area contributed by atoms with Crippen LogP contribution in [-0.4, -0.2) is 17.8 Å². The number of alkyl halides is 1. The molecular formula is C18H18ClNO. The molecule has 2 nitrogen and oxygen atoms in total. The standard InChI is InChI=1S/C18H18ClNO/c19-12-18(21)20-15-10-14-8-4-5-9-16(14)17(11-15)13-6-2-1-3-7-13/h1-9,15,17H,10-12H2,(H,20,21)/t15-,17-/m0/s1. The van der Waals surface area contributed by atoms with Gasteiger partial charge in [-0.25, -0.2) is 0 Å². The molecule has 0 heterocycles. The molecule has 0 aliphatic heterocycles. The number of fused-ring (bicyclic) bond motifs is 1. The fraction of sp³-hybridized carbons (Fsp3) is 0.278. The molecule has 1 aliphatic carbocycles. The molecule has 1 aliphatic rings. The van der Waals surface area contributed by atoms with E-state index >= 15 is 0 Å². The van der Waals surface area contributed by atoms with Crippen molar-refractivity contribution in [2.75, 3.05) is 5.88 Å². The van der Waals surface area contributed by atoms with Gasteiger partial charge in [0.2, 0.25) is 5.91 Å². The monoisotopic (exact) mass is 299 g/mol. The Kier molecular flexibility index (Phi) is 4.26. The molecule has 3 rings (SSSR count). The Morgan fingerprint density at radius 1 is 1.10 bits per heavy atom. The molecule has 1 amide bonds. The van der Waals surface area contributed by atoms with Crippen LogP contribution in [0.3, 0.4) is 0 Å². The largest absolute Gasteiger partial charge is 0.352 e. The van der Waals surface area contributed by atoms with Gasteiger partial charge in [0.15, 0.2) is 0 Å². The minimum absolute atomic E-state index is 0.0220. The van der Waals surface area contributed by atoms with Gasteiger partial charge in [0, 0.05) is 12.0 Å². The number of nitrogens with one attached hydrogen (secondary N) is 1. The molecule has 108 valence electrons. The number of halogens is 1. The topological polar surface area (TPSA) is 29.1 Å². The van der Waals surface area contributed by atoms with E-state index in [4.69, 9.17) is 11.6 Å². The van der Waals surface area contributed by atoms with Crippen LogP contribution in [0.1, 0.15) is 29.0 Å². The quantitative estimate of drug-likeness (QED) is 0.864. The molecule has 3 heteroatoms. The Morgan fingerprint density at radius 3 is 2.57 bits per heavy atom. The van der Waals surface area contributed by atoms with Gasteiger partial charge >= 0.3 is 0 Å². The van der Waals surface area contributed by atoms with Gasteiger partial charge in [-0.05, 0) is 29.5 Å². The third kappa shape index (κ3) is 3.11. The molecule has 2 atom stereocenters. The molecule has 1 N–H and O–H groups in total. The molecule has 0 radical (unpaired) electrons. The molecule has 2 aromatic rings. The van der Waals surface area contributed by atoms with Crippen molar-refractivity contribution in [3.63, 3.8) is 0 Å². The zero-order chi connectivity index (χ0) is 14.7. The fourth-order valence-corrected chi connectivity index (χ4v) is 3.27. The molecule has 0 spiro atoms. The summed E-state index contributed by atoms with van der Waals surface area (Å²) in [7, 11) is 0. The summed E-state index contributed by atoms with van der Waals surface area (Å²) in [5.41, 5.74) is 3.99. The Bertz CT molecular complexity index is 626. The summed E-state index contributed by atoms with van der Waals surface area (Å²) in [5, 5.41) is 3.04. The highest BCUT2D eigenvalue weighted by Gasteiger charge is 2.28. The van der Waals surface area contributed by atoms with Crippen LogP contribution >= 0.6 is 11.6 Å². The molecule has 0 fully saturated rings. The van der Waals surface area contributed by atoms with E-state index in [1.165, 1.54) is 16.7 Å². The molecule has 0 saturated heterocycles. The van der Waals surface area contributed by atoms with Crippen molar-refractivity contribution < 1.29 is 4.79 Å². The van der Waals surface area contributed by atoms with Crippen molar-refractivity contribution in [2.45, 2.75) is 24.8 Å². The Labute approximate surface area is 130 Å². The van der Waals surface area contributed by atoms with E-state index in [9.17, 15) is 4.79 Å². The second-order valence-electron chi connectivity index (χ2n) is 5.50. The molecule has 0 bridgehead atoms. The van der Waals surface area contributed by atoms with Crippen molar-refractivity contribution >= 4 is 17.5 Å². The maximum atomic E-state index is 11.6. The van der Waals surface area contributed by atoms with Crippen LogP contribution in [-0.2, 0) is 11.2 Å². The molecular weight excluding hydrogens is 282 g/mol. The van der Waals surface area contributed by atoms with E-state index in [2.05, 4.69) is 53.8 Å². The SMILES string of the molecule is O=C(CCl)N[C@H]1Cc2ccccc2[C@H](c2ccccc2)C1. The highest BCUT2D eigenvalue weighted by atomic mass is 35.5. The van der Waals surface area contributed by atoms with Gasteiger partial charge in [0.25, 0.3) is 0 Å². The molecule has 21 heavy (non-hydrogen) atoms. The lowest BCUT2D eigenvalue weighted by Crippen LogP contribution is -2.40. The van der Waals surface area contributed by atoms with Crippen LogP contribution in [0.25, 0.3) is 0 Å². The number of amides is 1. The fourth-order valence-electron chi connectivity index (χ4n) is 3.20. The third-order valence-corrected chi connectivity index (χ3v) is 4.35. The van der Waals surface area contributed by atoms with E-state index in [0.29, 0.717) is 5.92 Å². The van der Waals surface area contributed by atoms with Gasteiger partial charge in [0.05, 0.1) is 0 Å². The van der Waals surface area contributed by atoms with Gasteiger partial charge in [-0.15, -0.1) is 11.6 Å². The second kappa shape index (κ2) is 6.31. The minimum atomic E-state index is -0.0899. The van der Waals surface area contributed by atoms with Crippen molar-refractivity contribution in [1.29, 1.82) is 0 Å². The molecule has 0 unspecified atom stereocenters. The first-order valence-corrected chi connectivity index (χ1v) is 7.79. The van der Waals surface area contributed by atoms with E-state index in [-0.39, 0.29) is 17.8 Å². The maximum absolute atomic E-state index is 11.6. The zero-order valence-electron chi connectivity index (χ0n) is 11.8.